The summed E-state index contributed by atoms with van der Waals surface area (Å²) in [6, 6.07) is 17.7. The highest BCUT2D eigenvalue weighted by atomic mass is 32.2. The largest absolute Gasteiger partial charge is 0.377 e. The number of nitrogens with two attached hydrogens (primary N) is 1. The number of aromatic nitrogens is 1. The Morgan fingerprint density at radius 3 is 2.45 bits per heavy atom. The Bertz CT molecular complexity index is 1390. The van der Waals surface area contributed by atoms with Gasteiger partial charge in [-0.2, -0.15) is 0 Å². The Hall–Kier alpha value is -3.43. The van der Waals surface area contributed by atoms with E-state index in [1.54, 1.807) is 47.8 Å². The zero-order chi connectivity index (χ0) is 22.2. The Morgan fingerprint density at radius 1 is 1.03 bits per heavy atom. The number of hydrogen-bond donors (Lipinski definition) is 2. The van der Waals surface area contributed by atoms with Crippen LogP contribution in [0.3, 0.4) is 0 Å². The van der Waals surface area contributed by atoms with Crippen LogP contribution in [0.15, 0.2) is 70.9 Å². The Kier molecular flexibility index (Phi) is 5.38. The van der Waals surface area contributed by atoms with Gasteiger partial charge in [0, 0.05) is 47.2 Å². The molecule has 0 saturated heterocycles. The van der Waals surface area contributed by atoms with E-state index < -0.39 is 15.9 Å². The first kappa shape index (κ1) is 20.8. The summed E-state index contributed by atoms with van der Waals surface area (Å²) in [5.74, 6) is -0.596. The predicted molar refractivity (Wildman–Crippen MR) is 125 cm³/mol. The average Bonchev–Trinajstić information content (AvgIpc) is 3.23. The number of primary amides is 1. The van der Waals surface area contributed by atoms with Gasteiger partial charge in [0.2, 0.25) is 0 Å². The molecule has 31 heavy (non-hydrogen) atoms. The highest BCUT2D eigenvalue weighted by Crippen LogP contribution is 2.32. The highest BCUT2D eigenvalue weighted by molar-refractivity contribution is 7.93. The van der Waals surface area contributed by atoms with Gasteiger partial charge in [-0.25, -0.2) is 13.4 Å². The molecule has 0 bridgehead atoms. The van der Waals surface area contributed by atoms with Crippen LogP contribution in [0, 0.1) is 0 Å². The molecular formula is C22H20N4O3S2. The van der Waals surface area contributed by atoms with E-state index >= 15 is 0 Å². The minimum absolute atomic E-state index is 0.198. The first-order valence-corrected chi connectivity index (χ1v) is 11.7. The van der Waals surface area contributed by atoms with E-state index in [2.05, 4.69) is 9.71 Å². The maximum Gasteiger partial charge on any atom is 0.277 e. The van der Waals surface area contributed by atoms with Crippen molar-refractivity contribution in [1.29, 1.82) is 0 Å². The Morgan fingerprint density at radius 2 is 1.74 bits per heavy atom. The third kappa shape index (κ3) is 4.10. The number of carbonyl (C=O) groups excluding carboxylic acids is 1. The molecule has 1 aromatic heterocycles. The lowest BCUT2D eigenvalue weighted by atomic mass is 10.1. The van der Waals surface area contributed by atoms with Crippen LogP contribution in [0.2, 0.25) is 0 Å². The number of fused-ring (bicyclic) bond motifs is 1. The van der Waals surface area contributed by atoms with Crippen molar-refractivity contribution < 1.29 is 13.2 Å². The third-order valence-electron chi connectivity index (χ3n) is 4.76. The zero-order valence-corrected chi connectivity index (χ0v) is 18.5. The maximum absolute atomic E-state index is 13.2. The SMILES string of the molecule is CN(C)c1cccc2c(S(=O)(=O)Nc3cccc(-c4csc(C(N)=O)n4)c3)cccc12. The molecule has 0 radical (unpaired) electrons. The number of anilines is 2. The molecule has 1 heterocycles. The number of thiazole rings is 1. The second-order valence-corrected chi connectivity index (χ2v) is 9.62. The van der Waals surface area contributed by atoms with E-state index in [4.69, 9.17) is 5.73 Å². The second kappa shape index (κ2) is 8.01. The van der Waals surface area contributed by atoms with Crippen molar-refractivity contribution >= 4 is 49.4 Å². The number of hydrogen-bond acceptors (Lipinski definition) is 6. The molecule has 4 aromatic rings. The van der Waals surface area contributed by atoms with E-state index in [-0.39, 0.29) is 9.90 Å². The topological polar surface area (TPSA) is 105 Å². The minimum atomic E-state index is -3.85. The first-order chi connectivity index (χ1) is 14.8. The lowest BCUT2D eigenvalue weighted by Crippen LogP contribution is -2.14. The van der Waals surface area contributed by atoms with Gasteiger partial charge in [0.15, 0.2) is 5.01 Å². The molecule has 3 aromatic carbocycles. The molecule has 0 fully saturated rings. The maximum atomic E-state index is 13.2. The Labute approximate surface area is 184 Å². The van der Waals surface area contributed by atoms with Gasteiger partial charge in [-0.15, -0.1) is 11.3 Å². The lowest BCUT2D eigenvalue weighted by Gasteiger charge is -2.17. The van der Waals surface area contributed by atoms with Crippen molar-refractivity contribution in [3.05, 3.63) is 71.1 Å². The molecule has 0 aliphatic heterocycles. The van der Waals surface area contributed by atoms with Crippen LogP contribution in [0.1, 0.15) is 9.80 Å². The average molecular weight is 453 g/mol. The fourth-order valence-corrected chi connectivity index (χ4v) is 5.31. The molecule has 158 valence electrons. The highest BCUT2D eigenvalue weighted by Gasteiger charge is 2.19. The molecule has 1 amide bonds. The summed E-state index contributed by atoms with van der Waals surface area (Å²) in [4.78, 5) is 17.7. The quantitative estimate of drug-likeness (QED) is 0.461. The van der Waals surface area contributed by atoms with Gasteiger partial charge in [-0.3, -0.25) is 9.52 Å². The number of sulfonamides is 1. The lowest BCUT2D eigenvalue weighted by molar-refractivity contribution is 0.1000. The van der Waals surface area contributed by atoms with Gasteiger partial charge in [-0.05, 0) is 24.3 Å². The van der Waals surface area contributed by atoms with E-state index in [1.165, 1.54) is 0 Å². The second-order valence-electron chi connectivity index (χ2n) is 7.11. The number of nitrogens with one attached hydrogen (secondary N) is 1. The van der Waals surface area contributed by atoms with Gasteiger partial charge < -0.3 is 10.6 Å². The summed E-state index contributed by atoms with van der Waals surface area (Å²) < 4.78 is 29.1. The van der Waals surface area contributed by atoms with Crippen LogP contribution in [-0.4, -0.2) is 33.4 Å². The summed E-state index contributed by atoms with van der Waals surface area (Å²) in [6.45, 7) is 0. The number of amides is 1. The van der Waals surface area contributed by atoms with Gasteiger partial charge in [-0.1, -0.05) is 36.4 Å². The van der Waals surface area contributed by atoms with Crippen LogP contribution in [0.4, 0.5) is 11.4 Å². The molecule has 7 nitrogen and oxygen atoms in total. The van der Waals surface area contributed by atoms with E-state index in [0.29, 0.717) is 22.3 Å². The summed E-state index contributed by atoms with van der Waals surface area (Å²) in [5.41, 5.74) is 7.84. The normalized spacial score (nSPS) is 11.4. The van der Waals surface area contributed by atoms with E-state index in [1.807, 2.05) is 37.2 Å². The number of rotatable bonds is 6. The van der Waals surface area contributed by atoms with Crippen LogP contribution in [0.25, 0.3) is 22.0 Å². The molecule has 3 N–H and O–H groups in total. The van der Waals surface area contributed by atoms with E-state index in [9.17, 15) is 13.2 Å². The van der Waals surface area contributed by atoms with Crippen molar-refractivity contribution in [2.45, 2.75) is 4.90 Å². The van der Waals surface area contributed by atoms with Crippen molar-refractivity contribution in [2.75, 3.05) is 23.7 Å². The molecule has 0 aliphatic carbocycles. The fraction of sp³-hybridized carbons (Fsp3) is 0.0909. The summed E-state index contributed by atoms with van der Waals surface area (Å²) in [6.07, 6.45) is 0. The van der Waals surface area contributed by atoms with Gasteiger partial charge >= 0.3 is 0 Å². The summed E-state index contributed by atoms with van der Waals surface area (Å²) in [5, 5.41) is 3.41. The molecule has 0 atom stereocenters. The minimum Gasteiger partial charge on any atom is -0.377 e. The standard InChI is InChI=1S/C22H20N4O3S2/c1-26(2)19-10-4-9-17-16(19)8-5-11-20(17)31(28,29)25-15-7-3-6-14(12-15)18-13-30-22(24-18)21(23)27/h3-13,25H,1-2H3,(H2,23,27). The molecule has 0 saturated carbocycles. The summed E-state index contributed by atoms with van der Waals surface area (Å²) >= 11 is 1.15. The van der Waals surface area contributed by atoms with E-state index in [0.717, 1.165) is 22.4 Å². The predicted octanol–water partition coefficient (Wildman–Crippen LogP) is 3.93. The van der Waals surface area contributed by atoms with Crippen molar-refractivity contribution in [1.82, 2.24) is 4.98 Å². The molecular weight excluding hydrogens is 432 g/mol. The van der Waals surface area contributed by atoms with Crippen LogP contribution in [-0.2, 0) is 10.0 Å². The van der Waals surface area contributed by atoms with Crippen molar-refractivity contribution in [3.8, 4) is 11.3 Å². The first-order valence-electron chi connectivity index (χ1n) is 9.34. The smallest absolute Gasteiger partial charge is 0.277 e. The molecule has 4 rings (SSSR count). The van der Waals surface area contributed by atoms with Gasteiger partial charge in [0.25, 0.3) is 15.9 Å². The van der Waals surface area contributed by atoms with Crippen molar-refractivity contribution in [2.24, 2.45) is 5.73 Å². The molecule has 0 aliphatic rings. The van der Waals surface area contributed by atoms with Crippen LogP contribution in [0.5, 0.6) is 0 Å². The molecule has 0 unspecified atom stereocenters. The molecule has 9 heteroatoms. The Balaban J connectivity index is 1.72. The van der Waals surface area contributed by atoms with Gasteiger partial charge in [0.1, 0.15) is 0 Å². The fourth-order valence-electron chi connectivity index (χ4n) is 3.36. The van der Waals surface area contributed by atoms with Crippen LogP contribution >= 0.6 is 11.3 Å². The third-order valence-corrected chi connectivity index (χ3v) is 7.05. The van der Waals surface area contributed by atoms with Gasteiger partial charge in [0.05, 0.1) is 10.6 Å². The van der Waals surface area contributed by atoms with Crippen LogP contribution < -0.4 is 15.4 Å². The molecule has 0 spiro atoms. The van der Waals surface area contributed by atoms with Crippen molar-refractivity contribution in [3.63, 3.8) is 0 Å². The summed E-state index contributed by atoms with van der Waals surface area (Å²) in [7, 11) is -0.0131. The monoisotopic (exact) mass is 452 g/mol. The number of carbonyl (C=O) groups is 1. The number of benzene rings is 3. The zero-order valence-electron chi connectivity index (χ0n) is 16.9. The number of nitrogens with zero attached hydrogens (tertiary/aromatic N) is 2.